The zero-order valence-electron chi connectivity index (χ0n) is 10.6. The number of rotatable bonds is 5. The molecule has 3 nitrogen and oxygen atoms in total. The Morgan fingerprint density at radius 2 is 1.53 bits per heavy atom. The molecule has 0 aromatic heterocycles. The minimum absolute atomic E-state index is 0.130. The first-order valence-electron chi connectivity index (χ1n) is 5.41. The van der Waals surface area contributed by atoms with Crippen molar-refractivity contribution in [3.63, 3.8) is 0 Å². The lowest BCUT2D eigenvalue weighted by molar-refractivity contribution is -0.169. The first-order valence-corrected chi connectivity index (χ1v) is 5.41. The van der Waals surface area contributed by atoms with Gasteiger partial charge in [0, 0.05) is 0 Å². The fourth-order valence-electron chi connectivity index (χ4n) is 1.39. The number of hydrogen-bond acceptors (Lipinski definition) is 3. The van der Waals surface area contributed by atoms with Crippen molar-refractivity contribution in [1.82, 2.24) is 0 Å². The molecule has 0 fully saturated rings. The number of Topliss-reactive ketones (excluding diaryl/α,β-unsaturated/α-hetero) is 1. The fourth-order valence-corrected chi connectivity index (χ4v) is 1.39. The van der Waals surface area contributed by atoms with Crippen LogP contribution >= 0.6 is 0 Å². The Morgan fingerprint density at radius 3 is 1.80 bits per heavy atom. The molecule has 0 rings (SSSR count). The Labute approximate surface area is 92.2 Å². The van der Waals surface area contributed by atoms with Crippen LogP contribution in [0.15, 0.2) is 0 Å². The van der Waals surface area contributed by atoms with Crippen molar-refractivity contribution in [2.45, 2.75) is 53.6 Å². The summed E-state index contributed by atoms with van der Waals surface area (Å²) in [6.07, 6.45) is -0.130. The quantitative estimate of drug-likeness (QED) is 0.522. The van der Waals surface area contributed by atoms with Crippen molar-refractivity contribution in [2.75, 3.05) is 0 Å². The highest BCUT2D eigenvalue weighted by molar-refractivity contribution is 5.94. The third-order valence-corrected chi connectivity index (χ3v) is 3.02. The van der Waals surface area contributed by atoms with E-state index >= 15 is 0 Å². The van der Waals surface area contributed by atoms with Gasteiger partial charge in [-0.3, -0.25) is 9.59 Å². The largest absolute Gasteiger partial charge is 0.458 e. The Kier molecular flexibility index (Phi) is 4.98. The van der Waals surface area contributed by atoms with E-state index in [2.05, 4.69) is 0 Å². The molecule has 0 saturated heterocycles. The molecule has 15 heavy (non-hydrogen) atoms. The number of carbonyl (C=O) groups is 2. The molecule has 0 aliphatic heterocycles. The van der Waals surface area contributed by atoms with Crippen molar-refractivity contribution < 1.29 is 14.3 Å². The fraction of sp³-hybridized carbons (Fsp3) is 0.833. The lowest BCUT2D eigenvalue weighted by atomic mass is 9.82. The van der Waals surface area contributed by atoms with Gasteiger partial charge < -0.3 is 4.74 Å². The van der Waals surface area contributed by atoms with Gasteiger partial charge in [0.1, 0.15) is 17.8 Å². The summed E-state index contributed by atoms with van der Waals surface area (Å²) < 4.78 is 5.41. The molecule has 0 amide bonds. The van der Waals surface area contributed by atoms with Gasteiger partial charge in [0.25, 0.3) is 0 Å². The summed E-state index contributed by atoms with van der Waals surface area (Å²) in [5.41, 5.74) is -0.494. The second kappa shape index (κ2) is 5.29. The van der Waals surface area contributed by atoms with Crippen LogP contribution in [0.5, 0.6) is 0 Å². The van der Waals surface area contributed by atoms with E-state index < -0.39 is 11.6 Å². The molecule has 3 heteroatoms. The monoisotopic (exact) mass is 214 g/mol. The van der Waals surface area contributed by atoms with E-state index in [0.717, 1.165) is 0 Å². The first-order chi connectivity index (χ1) is 6.70. The second-order valence-electron chi connectivity index (χ2n) is 4.85. The lowest BCUT2D eigenvalue weighted by Crippen LogP contribution is -2.42. The van der Waals surface area contributed by atoms with Crippen LogP contribution in [-0.4, -0.2) is 17.4 Å². The maximum atomic E-state index is 11.4. The minimum atomic E-state index is -0.494. The standard InChI is InChI=1S/C12H22O3/c1-8(2)12(6,9(3)4)15-11(14)7-10(5)13/h8-9H,7H2,1-6H3. The highest BCUT2D eigenvalue weighted by Gasteiger charge is 2.36. The van der Waals surface area contributed by atoms with Gasteiger partial charge in [0.05, 0.1) is 0 Å². The highest BCUT2D eigenvalue weighted by atomic mass is 16.6. The molecule has 0 saturated carbocycles. The first kappa shape index (κ1) is 14.1. The number of carbonyl (C=O) groups excluding carboxylic acids is 2. The molecule has 88 valence electrons. The van der Waals surface area contributed by atoms with Crippen molar-refractivity contribution in [1.29, 1.82) is 0 Å². The summed E-state index contributed by atoms with van der Waals surface area (Å²) >= 11 is 0. The van der Waals surface area contributed by atoms with Gasteiger partial charge in [0.15, 0.2) is 0 Å². The van der Waals surface area contributed by atoms with Crippen molar-refractivity contribution >= 4 is 11.8 Å². The van der Waals surface area contributed by atoms with Crippen LogP contribution in [0.2, 0.25) is 0 Å². The molecule has 0 unspecified atom stereocenters. The molecule has 0 heterocycles. The Bertz CT molecular complexity index is 233. The van der Waals surface area contributed by atoms with Crippen LogP contribution in [0.1, 0.15) is 48.0 Å². The van der Waals surface area contributed by atoms with Crippen molar-refractivity contribution in [3.8, 4) is 0 Å². The number of ether oxygens (including phenoxy) is 1. The molecule has 0 spiro atoms. The SMILES string of the molecule is CC(=O)CC(=O)OC(C)(C(C)C)C(C)C. The van der Waals surface area contributed by atoms with E-state index in [-0.39, 0.29) is 24.0 Å². The average Bonchev–Trinajstić information content (AvgIpc) is 2.01. The molecule has 0 aromatic rings. The van der Waals surface area contributed by atoms with E-state index in [4.69, 9.17) is 4.74 Å². The van der Waals surface area contributed by atoms with Crippen molar-refractivity contribution in [2.24, 2.45) is 11.8 Å². The number of ketones is 1. The zero-order valence-corrected chi connectivity index (χ0v) is 10.6. The molecule has 0 aromatic carbocycles. The summed E-state index contributed by atoms with van der Waals surface area (Å²) in [5, 5.41) is 0. The van der Waals surface area contributed by atoms with Gasteiger partial charge >= 0.3 is 5.97 Å². The molecule has 0 radical (unpaired) electrons. The van der Waals surface area contributed by atoms with Crippen molar-refractivity contribution in [3.05, 3.63) is 0 Å². The summed E-state index contributed by atoms with van der Waals surface area (Å²) in [7, 11) is 0. The smallest absolute Gasteiger partial charge is 0.313 e. The Morgan fingerprint density at radius 1 is 1.13 bits per heavy atom. The van der Waals surface area contributed by atoms with E-state index in [1.54, 1.807) is 0 Å². The van der Waals surface area contributed by atoms with Gasteiger partial charge in [0.2, 0.25) is 0 Å². The predicted molar refractivity (Wildman–Crippen MR) is 59.5 cm³/mol. The molecule has 0 aliphatic rings. The number of esters is 1. The maximum absolute atomic E-state index is 11.4. The summed E-state index contributed by atoms with van der Waals surface area (Å²) in [6.45, 7) is 11.4. The third kappa shape index (κ3) is 4.02. The lowest BCUT2D eigenvalue weighted by Gasteiger charge is -2.37. The molecular formula is C12H22O3. The normalized spacial score (nSPS) is 12.0. The molecule has 0 bridgehead atoms. The Balaban J connectivity index is 4.56. The van der Waals surface area contributed by atoms with Crippen LogP contribution in [-0.2, 0) is 14.3 Å². The van der Waals surface area contributed by atoms with Crippen LogP contribution in [0.3, 0.4) is 0 Å². The molecule has 0 aliphatic carbocycles. The maximum Gasteiger partial charge on any atom is 0.313 e. The summed E-state index contributed by atoms with van der Waals surface area (Å²) in [4.78, 5) is 22.2. The molecule has 0 atom stereocenters. The average molecular weight is 214 g/mol. The predicted octanol–water partition coefficient (Wildman–Crippen LogP) is 2.58. The topological polar surface area (TPSA) is 43.4 Å². The zero-order chi connectivity index (χ0) is 12.2. The van der Waals surface area contributed by atoms with Crippen LogP contribution in [0.25, 0.3) is 0 Å². The van der Waals surface area contributed by atoms with Crippen LogP contribution in [0.4, 0.5) is 0 Å². The van der Waals surface area contributed by atoms with Crippen LogP contribution < -0.4 is 0 Å². The molecule has 0 N–H and O–H groups in total. The van der Waals surface area contributed by atoms with Crippen LogP contribution in [0, 0.1) is 11.8 Å². The number of hydrogen-bond donors (Lipinski definition) is 0. The summed E-state index contributed by atoms with van der Waals surface area (Å²) in [5.74, 6) is -0.121. The van der Waals surface area contributed by atoms with Gasteiger partial charge in [-0.15, -0.1) is 0 Å². The van der Waals surface area contributed by atoms with E-state index in [0.29, 0.717) is 0 Å². The van der Waals surface area contributed by atoms with Gasteiger partial charge in [-0.1, -0.05) is 27.7 Å². The highest BCUT2D eigenvalue weighted by Crippen LogP contribution is 2.30. The third-order valence-electron chi connectivity index (χ3n) is 3.02. The Hall–Kier alpha value is -0.860. The summed E-state index contributed by atoms with van der Waals surface area (Å²) in [6, 6.07) is 0. The van der Waals surface area contributed by atoms with E-state index in [1.165, 1.54) is 6.92 Å². The van der Waals surface area contributed by atoms with Gasteiger partial charge in [-0.2, -0.15) is 0 Å². The van der Waals surface area contributed by atoms with E-state index in [1.807, 2.05) is 34.6 Å². The van der Waals surface area contributed by atoms with Gasteiger partial charge in [-0.05, 0) is 25.7 Å². The second-order valence-corrected chi connectivity index (χ2v) is 4.85. The minimum Gasteiger partial charge on any atom is -0.458 e. The van der Waals surface area contributed by atoms with Gasteiger partial charge in [-0.25, -0.2) is 0 Å². The molecular weight excluding hydrogens is 192 g/mol. The van der Waals surface area contributed by atoms with E-state index in [9.17, 15) is 9.59 Å².